The molecule has 0 bridgehead atoms. The second-order valence-corrected chi connectivity index (χ2v) is 1.51. The average Bonchev–Trinajstić information content (AvgIpc) is 1.87. The number of hydrogen-bond donors (Lipinski definition) is 1. The molecule has 0 atom stereocenters. The summed E-state index contributed by atoms with van der Waals surface area (Å²) in [6, 6.07) is 0. The van der Waals surface area contributed by atoms with Crippen molar-refractivity contribution >= 4 is 6.09 Å². The summed E-state index contributed by atoms with van der Waals surface area (Å²) in [6.45, 7) is 2.36. The van der Waals surface area contributed by atoms with E-state index in [4.69, 9.17) is 4.74 Å². The zero-order chi connectivity index (χ0) is 7.82. The molecule has 0 aliphatic carbocycles. The maximum atomic E-state index is 9.96. The Morgan fingerprint density at radius 1 is 1.60 bits per heavy atom. The van der Waals surface area contributed by atoms with E-state index >= 15 is 0 Å². The predicted octanol–water partition coefficient (Wildman–Crippen LogP) is 0.632. The molecule has 0 aromatic rings. The molecule has 0 aliphatic heterocycles. The van der Waals surface area contributed by atoms with E-state index in [1.165, 1.54) is 6.26 Å². The Kier molecular flexibility index (Phi) is 5.23. The molecule has 0 saturated carbocycles. The van der Waals surface area contributed by atoms with Crippen LogP contribution in [-0.4, -0.2) is 19.3 Å². The van der Waals surface area contributed by atoms with Gasteiger partial charge in [-0.3, -0.25) is 0 Å². The van der Waals surface area contributed by atoms with Gasteiger partial charge in [0.1, 0.15) is 13.2 Å². The summed E-state index contributed by atoms with van der Waals surface area (Å²) in [5.41, 5.74) is 4.67. The Morgan fingerprint density at radius 3 is 2.80 bits per heavy atom. The molecule has 0 spiro atoms. The molecule has 0 aliphatic rings. The van der Waals surface area contributed by atoms with Crippen molar-refractivity contribution in [2.45, 2.75) is 6.92 Å². The van der Waals surface area contributed by atoms with Crippen LogP contribution in [0.4, 0.5) is 4.79 Å². The van der Waals surface area contributed by atoms with Gasteiger partial charge < -0.3 is 15.2 Å². The lowest BCUT2D eigenvalue weighted by Crippen LogP contribution is -2.15. The van der Waals surface area contributed by atoms with Gasteiger partial charge in [-0.05, 0) is 6.92 Å². The fraction of sp³-hybridized carbons (Fsp3) is 0.500. The molecule has 0 rings (SSSR count). The van der Waals surface area contributed by atoms with Gasteiger partial charge in [-0.25, -0.2) is 4.79 Å². The van der Waals surface area contributed by atoms with Crippen molar-refractivity contribution in [1.82, 2.24) is 0 Å². The molecule has 1 amide bonds. The van der Waals surface area contributed by atoms with Crippen LogP contribution in [0.1, 0.15) is 6.92 Å². The highest BCUT2D eigenvalue weighted by molar-refractivity contribution is 5.64. The van der Waals surface area contributed by atoms with Crippen molar-refractivity contribution in [1.29, 1.82) is 0 Å². The highest BCUT2D eigenvalue weighted by Crippen LogP contribution is 1.78. The molecule has 4 nitrogen and oxygen atoms in total. The number of allylic oxidation sites excluding steroid dienone is 1. The molecular weight excluding hydrogens is 134 g/mol. The zero-order valence-electron chi connectivity index (χ0n) is 5.87. The minimum Gasteiger partial charge on any atom is -0.498 e. The van der Waals surface area contributed by atoms with E-state index in [1.807, 2.05) is 6.92 Å². The van der Waals surface area contributed by atoms with Crippen LogP contribution >= 0.6 is 0 Å². The fourth-order valence-corrected chi connectivity index (χ4v) is 0.355. The molecule has 2 N–H and O–H groups in total. The van der Waals surface area contributed by atoms with Gasteiger partial charge in [0.15, 0.2) is 0 Å². The first-order chi connectivity index (χ1) is 4.77. The maximum absolute atomic E-state index is 9.96. The standard InChI is InChI=1S/C6H11NO3/c1-2-3-9-4-5-10-6(7)8/h2-3H,4-5H2,1H3,(H2,7,8)/b3-2-. The third kappa shape index (κ3) is 6.81. The molecule has 0 aromatic carbocycles. The third-order valence-corrected chi connectivity index (χ3v) is 0.678. The second-order valence-electron chi connectivity index (χ2n) is 1.51. The first kappa shape index (κ1) is 8.81. The van der Waals surface area contributed by atoms with E-state index < -0.39 is 6.09 Å². The second kappa shape index (κ2) is 5.94. The largest absolute Gasteiger partial charge is 0.498 e. The van der Waals surface area contributed by atoms with Crippen LogP contribution in [0, 0.1) is 0 Å². The van der Waals surface area contributed by atoms with E-state index in [2.05, 4.69) is 10.5 Å². The van der Waals surface area contributed by atoms with Crippen molar-refractivity contribution in [2.75, 3.05) is 13.2 Å². The van der Waals surface area contributed by atoms with Gasteiger partial charge in [0.2, 0.25) is 0 Å². The van der Waals surface area contributed by atoms with Gasteiger partial charge in [0, 0.05) is 0 Å². The van der Waals surface area contributed by atoms with Gasteiger partial charge in [0.25, 0.3) is 0 Å². The Bertz CT molecular complexity index is 122. The number of primary amides is 1. The summed E-state index contributed by atoms with van der Waals surface area (Å²) in [7, 11) is 0. The van der Waals surface area contributed by atoms with Gasteiger partial charge in [-0.2, -0.15) is 0 Å². The fourth-order valence-electron chi connectivity index (χ4n) is 0.355. The summed E-state index contributed by atoms with van der Waals surface area (Å²) >= 11 is 0. The number of ether oxygens (including phenoxy) is 2. The zero-order valence-corrected chi connectivity index (χ0v) is 5.87. The molecule has 10 heavy (non-hydrogen) atoms. The van der Waals surface area contributed by atoms with Crippen LogP contribution in [0.3, 0.4) is 0 Å². The molecule has 0 saturated heterocycles. The van der Waals surface area contributed by atoms with Gasteiger partial charge in [0.05, 0.1) is 6.26 Å². The average molecular weight is 145 g/mol. The summed E-state index contributed by atoms with van der Waals surface area (Å²) in [5, 5.41) is 0. The minimum atomic E-state index is -0.774. The first-order valence-electron chi connectivity index (χ1n) is 2.92. The highest BCUT2D eigenvalue weighted by Gasteiger charge is 1.90. The number of nitrogens with two attached hydrogens (primary N) is 1. The molecule has 0 fully saturated rings. The van der Waals surface area contributed by atoms with Crippen molar-refractivity contribution in [3.05, 3.63) is 12.3 Å². The number of carbonyl (C=O) groups is 1. The van der Waals surface area contributed by atoms with Crippen molar-refractivity contribution in [2.24, 2.45) is 5.73 Å². The van der Waals surface area contributed by atoms with Crippen LogP contribution in [-0.2, 0) is 9.47 Å². The smallest absolute Gasteiger partial charge is 0.404 e. The van der Waals surface area contributed by atoms with Gasteiger partial charge in [-0.15, -0.1) is 0 Å². The third-order valence-electron chi connectivity index (χ3n) is 0.678. The Labute approximate surface area is 59.6 Å². The van der Waals surface area contributed by atoms with Gasteiger partial charge in [-0.1, -0.05) is 6.08 Å². The molecule has 0 aromatic heterocycles. The Morgan fingerprint density at radius 2 is 2.30 bits per heavy atom. The van der Waals surface area contributed by atoms with Crippen molar-refractivity contribution in [3.8, 4) is 0 Å². The van der Waals surface area contributed by atoms with Crippen LogP contribution in [0.5, 0.6) is 0 Å². The maximum Gasteiger partial charge on any atom is 0.404 e. The summed E-state index contributed by atoms with van der Waals surface area (Å²) in [5.74, 6) is 0. The van der Waals surface area contributed by atoms with Gasteiger partial charge >= 0.3 is 6.09 Å². The first-order valence-corrected chi connectivity index (χ1v) is 2.92. The van der Waals surface area contributed by atoms with Crippen LogP contribution < -0.4 is 5.73 Å². The summed E-state index contributed by atoms with van der Waals surface area (Å²) in [4.78, 5) is 9.96. The van der Waals surface area contributed by atoms with E-state index in [0.717, 1.165) is 0 Å². The topological polar surface area (TPSA) is 61.6 Å². The molecule has 4 heteroatoms. The van der Waals surface area contributed by atoms with E-state index in [-0.39, 0.29) is 6.61 Å². The monoisotopic (exact) mass is 145 g/mol. The minimum absolute atomic E-state index is 0.194. The molecule has 0 heterocycles. The molecule has 0 unspecified atom stereocenters. The Balaban J connectivity index is 2.98. The van der Waals surface area contributed by atoms with Crippen molar-refractivity contribution < 1.29 is 14.3 Å². The SMILES string of the molecule is C/C=C\OCCOC(N)=O. The number of amides is 1. The lowest BCUT2D eigenvalue weighted by molar-refractivity contribution is 0.120. The quantitative estimate of drug-likeness (QED) is 0.466. The van der Waals surface area contributed by atoms with Crippen molar-refractivity contribution in [3.63, 3.8) is 0 Å². The highest BCUT2D eigenvalue weighted by atomic mass is 16.6. The summed E-state index contributed by atoms with van der Waals surface area (Å²) in [6.07, 6.45) is 2.48. The van der Waals surface area contributed by atoms with Crippen LogP contribution in [0.2, 0.25) is 0 Å². The lowest BCUT2D eigenvalue weighted by atomic mass is 10.7. The van der Waals surface area contributed by atoms with E-state index in [1.54, 1.807) is 6.08 Å². The lowest BCUT2D eigenvalue weighted by Gasteiger charge is -1.99. The normalized spacial score (nSPS) is 9.70. The summed E-state index contributed by atoms with van der Waals surface area (Å²) < 4.78 is 9.19. The van der Waals surface area contributed by atoms with E-state index in [0.29, 0.717) is 6.61 Å². The predicted molar refractivity (Wildman–Crippen MR) is 36.3 cm³/mol. The number of carbonyl (C=O) groups excluding carboxylic acids is 1. The Hall–Kier alpha value is -1.19. The molecule has 0 radical (unpaired) electrons. The molecule has 58 valence electrons. The number of rotatable bonds is 4. The molecular formula is C6H11NO3. The van der Waals surface area contributed by atoms with Crippen LogP contribution in [0.25, 0.3) is 0 Å². The van der Waals surface area contributed by atoms with E-state index in [9.17, 15) is 4.79 Å². The van der Waals surface area contributed by atoms with Crippen LogP contribution in [0.15, 0.2) is 12.3 Å². The number of hydrogen-bond acceptors (Lipinski definition) is 3.